The van der Waals surface area contributed by atoms with E-state index in [0.717, 1.165) is 18.1 Å². The molecule has 0 aliphatic heterocycles. The monoisotopic (exact) mass is 398 g/mol. The van der Waals surface area contributed by atoms with Crippen LogP contribution in [0.2, 0.25) is 0 Å². The van der Waals surface area contributed by atoms with Gasteiger partial charge in [0.2, 0.25) is 0 Å². The average Bonchev–Trinajstić information content (AvgIpc) is 3.18. The topological polar surface area (TPSA) is 0 Å². The summed E-state index contributed by atoms with van der Waals surface area (Å²) in [6.07, 6.45) is 20.0. The molecular formula is C16H15Cl2PZr. The first-order chi connectivity index (χ1) is 9.30. The number of allylic oxidation sites excluding steroid dienone is 8. The van der Waals surface area contributed by atoms with Gasteiger partial charge in [-0.3, -0.25) is 12.2 Å². The Morgan fingerprint density at radius 1 is 0.850 bits per heavy atom. The van der Waals surface area contributed by atoms with Crippen molar-refractivity contribution in [3.05, 3.63) is 78.9 Å². The molecule has 0 N–H and O–H groups in total. The van der Waals surface area contributed by atoms with Crippen LogP contribution in [0.15, 0.2) is 66.8 Å². The molecule has 2 aliphatic carbocycles. The Hall–Kier alpha value is 0.0731. The molecule has 1 aromatic carbocycles. The van der Waals surface area contributed by atoms with E-state index >= 15 is 0 Å². The van der Waals surface area contributed by atoms with Crippen LogP contribution in [0.5, 0.6) is 0 Å². The largest absolute Gasteiger partial charge is 2.00 e. The van der Waals surface area contributed by atoms with Crippen LogP contribution in [0.3, 0.4) is 0 Å². The van der Waals surface area contributed by atoms with Gasteiger partial charge in [0, 0.05) is 5.30 Å². The van der Waals surface area contributed by atoms with Crippen molar-refractivity contribution in [2.75, 3.05) is 0 Å². The molecule has 0 aromatic heterocycles. The third-order valence-electron chi connectivity index (χ3n) is 2.12. The van der Waals surface area contributed by atoms with Gasteiger partial charge in [-0.25, -0.2) is 24.3 Å². The van der Waals surface area contributed by atoms with E-state index in [-0.39, 0.29) is 26.2 Å². The molecule has 0 saturated carbocycles. The maximum atomic E-state index is 5.63. The van der Waals surface area contributed by atoms with Gasteiger partial charge in [0.25, 0.3) is 0 Å². The number of benzene rings is 1. The zero-order chi connectivity index (χ0) is 13.8. The summed E-state index contributed by atoms with van der Waals surface area (Å²) >= 11 is 11.3. The fourth-order valence-electron chi connectivity index (χ4n) is 1.22. The summed E-state index contributed by atoms with van der Waals surface area (Å²) in [4.78, 5) is 0. The molecule has 1 aromatic rings. The summed E-state index contributed by atoms with van der Waals surface area (Å²) in [5.41, 5.74) is 0. The van der Waals surface area contributed by atoms with Crippen molar-refractivity contribution in [2.45, 2.75) is 12.8 Å². The minimum Gasteiger partial charge on any atom is -0.273 e. The number of halogens is 2. The molecule has 2 aliphatic rings. The number of hydrogen-bond acceptors (Lipinski definition) is 0. The van der Waals surface area contributed by atoms with E-state index < -0.39 is 6.63 Å². The van der Waals surface area contributed by atoms with Gasteiger partial charge in [-0.1, -0.05) is 52.8 Å². The zero-order valence-electron chi connectivity index (χ0n) is 11.0. The predicted molar refractivity (Wildman–Crippen MR) is 87.8 cm³/mol. The van der Waals surface area contributed by atoms with E-state index in [1.165, 1.54) is 0 Å². The molecule has 4 heteroatoms. The Morgan fingerprint density at radius 3 is 1.55 bits per heavy atom. The first-order valence-corrected chi connectivity index (χ1v) is 9.06. The molecule has 0 heterocycles. The van der Waals surface area contributed by atoms with Crippen LogP contribution >= 0.6 is 29.1 Å². The Labute approximate surface area is 151 Å². The van der Waals surface area contributed by atoms with Crippen molar-refractivity contribution in [1.82, 2.24) is 0 Å². The number of hydrogen-bond donors (Lipinski definition) is 0. The molecule has 0 unspecified atom stereocenters. The second kappa shape index (κ2) is 14.0. The Morgan fingerprint density at radius 2 is 1.35 bits per heavy atom. The van der Waals surface area contributed by atoms with Gasteiger partial charge in [-0.05, 0) is 0 Å². The summed E-state index contributed by atoms with van der Waals surface area (Å²) in [6, 6.07) is 9.64. The van der Waals surface area contributed by atoms with Crippen molar-refractivity contribution in [1.29, 1.82) is 0 Å². The summed E-state index contributed by atoms with van der Waals surface area (Å²) in [5.74, 6) is 0. The van der Waals surface area contributed by atoms with Gasteiger partial charge in [0.1, 0.15) is 6.63 Å². The summed E-state index contributed by atoms with van der Waals surface area (Å²) < 4.78 is 0. The predicted octanol–water partition coefficient (Wildman–Crippen LogP) is 5.71. The van der Waals surface area contributed by atoms with E-state index in [4.69, 9.17) is 22.5 Å². The van der Waals surface area contributed by atoms with Crippen LogP contribution in [-0.2, 0) is 26.2 Å². The fraction of sp³-hybridized carbons (Fsp3) is 0.125. The van der Waals surface area contributed by atoms with E-state index in [1.807, 2.05) is 54.6 Å². The maximum Gasteiger partial charge on any atom is 2.00 e. The van der Waals surface area contributed by atoms with Gasteiger partial charge in [-0.15, -0.1) is 12.8 Å². The molecule has 3 rings (SSSR count). The molecular weight excluding hydrogens is 385 g/mol. The molecule has 0 bridgehead atoms. The van der Waals surface area contributed by atoms with Gasteiger partial charge >= 0.3 is 26.2 Å². The average molecular weight is 400 g/mol. The molecule has 0 radical (unpaired) electrons. The Balaban J connectivity index is 0.000000282. The van der Waals surface area contributed by atoms with Crippen LogP contribution in [-0.4, -0.2) is 0 Å². The first kappa shape index (κ1) is 20.1. The fourth-order valence-corrected chi connectivity index (χ4v) is 2.29. The third kappa shape index (κ3) is 10.8. The van der Waals surface area contributed by atoms with Crippen LogP contribution < -0.4 is 5.30 Å². The molecule has 0 fully saturated rings. The van der Waals surface area contributed by atoms with Crippen molar-refractivity contribution >= 4 is 34.4 Å². The van der Waals surface area contributed by atoms with E-state index in [2.05, 4.69) is 24.3 Å². The Kier molecular flexibility index (Phi) is 14.1. The van der Waals surface area contributed by atoms with Crippen molar-refractivity contribution < 1.29 is 26.2 Å². The third-order valence-corrected chi connectivity index (χ3v) is 3.98. The van der Waals surface area contributed by atoms with Crippen molar-refractivity contribution in [3.63, 3.8) is 0 Å². The minimum absolute atomic E-state index is 0. The van der Waals surface area contributed by atoms with Crippen LogP contribution in [0.1, 0.15) is 12.8 Å². The van der Waals surface area contributed by atoms with E-state index in [0.29, 0.717) is 0 Å². The van der Waals surface area contributed by atoms with Crippen LogP contribution in [0, 0.1) is 12.2 Å². The maximum absolute atomic E-state index is 5.63. The SMILES string of the molecule is ClP(Cl)c1ccccc1.[C-]1=CC=CC1.[C-]1=CC=CC1.[Zr+2]. The zero-order valence-corrected chi connectivity index (χ0v) is 15.8. The van der Waals surface area contributed by atoms with Crippen molar-refractivity contribution in [2.24, 2.45) is 0 Å². The first-order valence-electron chi connectivity index (χ1n) is 5.91. The second-order valence-electron chi connectivity index (χ2n) is 3.57. The summed E-state index contributed by atoms with van der Waals surface area (Å²) in [6.45, 7) is -0.951. The standard InChI is InChI=1S/C6H5Cl2P.2C5H5.Zr/c7-9(8)6-4-2-1-3-5-6;2*1-2-4-5-3-1;/h1-5H;2*1-3H,4H2;/q;2*-1;+2. The second-order valence-corrected chi connectivity index (χ2v) is 7.10. The van der Waals surface area contributed by atoms with Crippen LogP contribution in [0.25, 0.3) is 0 Å². The molecule has 0 saturated heterocycles. The molecule has 20 heavy (non-hydrogen) atoms. The molecule has 0 amide bonds. The molecule has 0 spiro atoms. The van der Waals surface area contributed by atoms with Gasteiger partial charge < -0.3 is 0 Å². The quantitative estimate of drug-likeness (QED) is 0.418. The van der Waals surface area contributed by atoms with E-state index in [9.17, 15) is 0 Å². The molecule has 0 atom stereocenters. The summed E-state index contributed by atoms with van der Waals surface area (Å²) in [5, 5.41) is 1.01. The molecule has 0 nitrogen and oxygen atoms in total. The van der Waals surface area contributed by atoms with E-state index in [1.54, 1.807) is 0 Å². The normalized spacial score (nSPS) is 13.3. The van der Waals surface area contributed by atoms with Gasteiger partial charge in [-0.2, -0.15) is 12.2 Å². The van der Waals surface area contributed by atoms with Gasteiger partial charge in [0.05, 0.1) is 0 Å². The minimum atomic E-state index is -0.951. The molecule has 102 valence electrons. The van der Waals surface area contributed by atoms with Crippen molar-refractivity contribution in [3.8, 4) is 0 Å². The van der Waals surface area contributed by atoms with Gasteiger partial charge in [0.15, 0.2) is 0 Å². The van der Waals surface area contributed by atoms with Crippen LogP contribution in [0.4, 0.5) is 0 Å². The summed E-state index contributed by atoms with van der Waals surface area (Å²) in [7, 11) is 0. The smallest absolute Gasteiger partial charge is 0.273 e. The Bertz CT molecular complexity index is 409. The number of rotatable bonds is 1.